The van der Waals surface area contributed by atoms with Crippen LogP contribution >= 0.6 is 0 Å². The lowest BCUT2D eigenvalue weighted by atomic mass is 9.97. The fraction of sp³-hybridized carbons (Fsp3) is 0.360. The molecule has 3 heterocycles. The minimum atomic E-state index is -0.711. The van der Waals surface area contributed by atoms with Gasteiger partial charge in [-0.25, -0.2) is 8.78 Å². The Morgan fingerprint density at radius 1 is 1.03 bits per heavy atom. The predicted molar refractivity (Wildman–Crippen MR) is 121 cm³/mol. The largest absolute Gasteiger partial charge is 0.494 e. The van der Waals surface area contributed by atoms with Gasteiger partial charge < -0.3 is 14.8 Å². The average molecular weight is 453 g/mol. The Balaban J connectivity index is 1.44. The van der Waals surface area contributed by atoms with Crippen LogP contribution in [0.2, 0.25) is 0 Å². The zero-order chi connectivity index (χ0) is 22.9. The highest BCUT2D eigenvalue weighted by atomic mass is 19.1. The molecule has 1 fully saturated rings. The monoisotopic (exact) mass is 452 g/mol. The number of hydrogen-bond acceptors (Lipinski definition) is 5. The average Bonchev–Trinajstić information content (AvgIpc) is 3.50. The molecule has 8 heteroatoms. The number of aromatic nitrogens is 3. The molecule has 1 aliphatic carbocycles. The van der Waals surface area contributed by atoms with Crippen LogP contribution in [0.3, 0.4) is 0 Å². The van der Waals surface area contributed by atoms with E-state index in [0.29, 0.717) is 12.5 Å². The second-order valence-corrected chi connectivity index (χ2v) is 8.41. The van der Waals surface area contributed by atoms with E-state index in [-0.39, 0.29) is 23.5 Å². The summed E-state index contributed by atoms with van der Waals surface area (Å²) in [5.74, 6) is -1.51. The Hall–Kier alpha value is -3.26. The summed E-state index contributed by atoms with van der Waals surface area (Å²) in [5.41, 5.74) is 4.48. The molecule has 0 saturated carbocycles. The standard InChI is InChI=1S/C25H26F2N4O2/c1-32-22-11-23(33-2)25(27)20(24(22)26)9-15-3-4-21-19(15)10-16(12-29-21)17-13-30-31(14-17)18-5-7-28-8-6-18/h3,10-14,18,28H,4-9H2,1-2H3. The van der Waals surface area contributed by atoms with Crippen LogP contribution in [0.25, 0.3) is 16.7 Å². The molecule has 1 N–H and O–H groups in total. The van der Waals surface area contributed by atoms with Crippen molar-refractivity contribution in [3.05, 3.63) is 65.3 Å². The first-order chi connectivity index (χ1) is 16.1. The summed E-state index contributed by atoms with van der Waals surface area (Å²) >= 11 is 0. The normalized spacial score (nSPS) is 15.9. The summed E-state index contributed by atoms with van der Waals surface area (Å²) in [6.07, 6.45) is 10.6. The molecule has 33 heavy (non-hydrogen) atoms. The maximum atomic E-state index is 14.9. The molecular formula is C25H26F2N4O2. The van der Waals surface area contributed by atoms with Crippen LogP contribution in [0.1, 0.15) is 35.7 Å². The van der Waals surface area contributed by atoms with E-state index in [1.54, 1.807) is 0 Å². The van der Waals surface area contributed by atoms with Crippen LogP contribution in [0.4, 0.5) is 8.78 Å². The van der Waals surface area contributed by atoms with Crippen molar-refractivity contribution in [2.75, 3.05) is 27.3 Å². The van der Waals surface area contributed by atoms with Crippen LogP contribution in [0.5, 0.6) is 11.5 Å². The molecule has 1 saturated heterocycles. The first kappa shape index (κ1) is 21.6. The SMILES string of the molecule is COc1cc(OC)c(F)c(CC2=CCc3ncc(-c4cnn(C5CCNCC5)c4)cc32)c1F. The molecule has 0 bridgehead atoms. The highest BCUT2D eigenvalue weighted by Gasteiger charge is 2.24. The highest BCUT2D eigenvalue weighted by Crippen LogP contribution is 2.37. The molecule has 0 spiro atoms. The van der Waals surface area contributed by atoms with Crippen LogP contribution in [0, 0.1) is 11.6 Å². The highest BCUT2D eigenvalue weighted by molar-refractivity contribution is 5.77. The van der Waals surface area contributed by atoms with Crippen molar-refractivity contribution in [1.29, 1.82) is 0 Å². The van der Waals surface area contributed by atoms with Crippen molar-refractivity contribution in [3.8, 4) is 22.6 Å². The van der Waals surface area contributed by atoms with Crippen LogP contribution in [0.15, 0.2) is 36.8 Å². The quantitative estimate of drug-likeness (QED) is 0.603. The van der Waals surface area contributed by atoms with Gasteiger partial charge in [0.05, 0.1) is 32.2 Å². The zero-order valence-electron chi connectivity index (χ0n) is 18.7. The number of methoxy groups -OCH3 is 2. The molecule has 0 unspecified atom stereocenters. The van der Waals surface area contributed by atoms with Gasteiger partial charge >= 0.3 is 0 Å². The van der Waals surface area contributed by atoms with Gasteiger partial charge in [0, 0.05) is 53.6 Å². The number of nitrogens with one attached hydrogen (secondary N) is 1. The van der Waals surface area contributed by atoms with Crippen molar-refractivity contribution in [2.45, 2.75) is 31.7 Å². The van der Waals surface area contributed by atoms with Gasteiger partial charge in [0.15, 0.2) is 23.1 Å². The maximum absolute atomic E-state index is 14.9. The lowest BCUT2D eigenvalue weighted by Gasteiger charge is -2.22. The number of hydrogen-bond donors (Lipinski definition) is 1. The Bertz CT molecular complexity index is 1190. The van der Waals surface area contributed by atoms with Crippen LogP contribution < -0.4 is 14.8 Å². The third kappa shape index (κ3) is 3.99. The molecule has 0 atom stereocenters. The summed E-state index contributed by atoms with van der Waals surface area (Å²) in [6.45, 7) is 1.99. The van der Waals surface area contributed by atoms with E-state index in [4.69, 9.17) is 9.47 Å². The fourth-order valence-corrected chi connectivity index (χ4v) is 4.63. The van der Waals surface area contributed by atoms with Crippen molar-refractivity contribution < 1.29 is 18.3 Å². The third-order valence-electron chi connectivity index (χ3n) is 6.51. The smallest absolute Gasteiger partial charge is 0.171 e. The van der Waals surface area contributed by atoms with Gasteiger partial charge in [0.1, 0.15) is 0 Å². The maximum Gasteiger partial charge on any atom is 0.171 e. The summed E-state index contributed by atoms with van der Waals surface area (Å²) in [5, 5.41) is 7.95. The topological polar surface area (TPSA) is 61.2 Å². The Kier molecular flexibility index (Phi) is 5.85. The number of allylic oxidation sites excluding steroid dienone is 2. The third-order valence-corrected chi connectivity index (χ3v) is 6.51. The molecule has 0 amide bonds. The second-order valence-electron chi connectivity index (χ2n) is 8.41. The van der Waals surface area contributed by atoms with Gasteiger partial charge in [0.25, 0.3) is 0 Å². The van der Waals surface area contributed by atoms with Crippen LogP contribution in [-0.4, -0.2) is 42.1 Å². The molecule has 5 rings (SSSR count). The molecule has 0 radical (unpaired) electrons. The minimum Gasteiger partial charge on any atom is -0.494 e. The minimum absolute atomic E-state index is 0.0423. The molecule has 6 nitrogen and oxygen atoms in total. The summed E-state index contributed by atoms with van der Waals surface area (Å²) < 4.78 is 42.0. The molecule has 172 valence electrons. The van der Waals surface area contributed by atoms with E-state index in [0.717, 1.165) is 53.9 Å². The fourth-order valence-electron chi connectivity index (χ4n) is 4.63. The van der Waals surface area contributed by atoms with E-state index in [2.05, 4.69) is 21.6 Å². The number of fused-ring (bicyclic) bond motifs is 1. The number of halogens is 2. The van der Waals surface area contributed by atoms with Gasteiger partial charge in [-0.2, -0.15) is 5.10 Å². The van der Waals surface area contributed by atoms with E-state index in [1.165, 1.54) is 20.3 Å². The van der Waals surface area contributed by atoms with E-state index < -0.39 is 11.6 Å². The molecule has 2 aromatic heterocycles. The van der Waals surface area contributed by atoms with Crippen molar-refractivity contribution >= 4 is 5.57 Å². The van der Waals surface area contributed by atoms with Gasteiger partial charge in [-0.3, -0.25) is 9.67 Å². The number of rotatable bonds is 6. The number of pyridine rings is 1. The molecule has 3 aromatic rings. The Morgan fingerprint density at radius 2 is 1.76 bits per heavy atom. The molecular weight excluding hydrogens is 426 g/mol. The number of nitrogens with zero attached hydrogens (tertiary/aromatic N) is 3. The summed E-state index contributed by atoms with van der Waals surface area (Å²) in [6, 6.07) is 3.66. The van der Waals surface area contributed by atoms with Gasteiger partial charge in [-0.05, 0) is 37.6 Å². The van der Waals surface area contributed by atoms with E-state index in [9.17, 15) is 8.78 Å². The Morgan fingerprint density at radius 3 is 2.45 bits per heavy atom. The second kappa shape index (κ2) is 8.94. The predicted octanol–water partition coefficient (Wildman–Crippen LogP) is 4.35. The number of benzene rings is 1. The first-order valence-corrected chi connectivity index (χ1v) is 11.1. The van der Waals surface area contributed by atoms with Gasteiger partial charge in [0.2, 0.25) is 0 Å². The zero-order valence-corrected chi connectivity index (χ0v) is 18.7. The summed E-state index contributed by atoms with van der Waals surface area (Å²) in [4.78, 5) is 4.63. The van der Waals surface area contributed by atoms with Crippen molar-refractivity contribution in [2.24, 2.45) is 0 Å². The lowest BCUT2D eigenvalue weighted by Crippen LogP contribution is -2.29. The lowest BCUT2D eigenvalue weighted by molar-refractivity contribution is 0.343. The summed E-state index contributed by atoms with van der Waals surface area (Å²) in [7, 11) is 2.70. The number of piperidine rings is 1. The number of ether oxygens (including phenoxy) is 2. The van der Waals surface area contributed by atoms with Gasteiger partial charge in [-0.1, -0.05) is 6.08 Å². The molecule has 1 aromatic carbocycles. The molecule has 1 aliphatic heterocycles. The van der Waals surface area contributed by atoms with Crippen molar-refractivity contribution in [3.63, 3.8) is 0 Å². The van der Waals surface area contributed by atoms with Crippen molar-refractivity contribution in [1.82, 2.24) is 20.1 Å². The van der Waals surface area contributed by atoms with E-state index in [1.807, 2.05) is 29.2 Å². The Labute approximate surface area is 191 Å². The van der Waals surface area contributed by atoms with Crippen LogP contribution in [-0.2, 0) is 12.8 Å². The first-order valence-electron chi connectivity index (χ1n) is 11.1. The molecule has 2 aliphatic rings. The van der Waals surface area contributed by atoms with Gasteiger partial charge in [-0.15, -0.1) is 0 Å². The van der Waals surface area contributed by atoms with E-state index >= 15 is 0 Å².